The summed E-state index contributed by atoms with van der Waals surface area (Å²) >= 11 is 0. The lowest BCUT2D eigenvalue weighted by atomic mass is 9.64. The number of aryl methyl sites for hydroxylation is 1. The van der Waals surface area contributed by atoms with Gasteiger partial charge in [-0.2, -0.15) is 0 Å². The number of benzene rings is 2. The first-order chi connectivity index (χ1) is 16.9. The Labute approximate surface area is 205 Å². The number of carbonyl (C=O) groups excluding carboxylic acids is 1. The molecular weight excluding hydrogens is 446 g/mol. The molecule has 7 heteroatoms. The van der Waals surface area contributed by atoms with Crippen molar-refractivity contribution in [1.82, 2.24) is 4.90 Å². The summed E-state index contributed by atoms with van der Waals surface area (Å²) in [5.74, 6) is 2.19. The molecule has 2 aromatic carbocycles. The highest BCUT2D eigenvalue weighted by Crippen LogP contribution is 2.60. The zero-order valence-electron chi connectivity index (χ0n) is 20.8. The Morgan fingerprint density at radius 3 is 2.43 bits per heavy atom. The number of ketones is 1. The van der Waals surface area contributed by atoms with Gasteiger partial charge >= 0.3 is 0 Å². The first-order valence-electron chi connectivity index (χ1n) is 11.8. The van der Waals surface area contributed by atoms with E-state index in [1.165, 1.54) is 0 Å². The standard InChI is InChI=1S/C28H31NO6/c1-29(14-16-8-6-7-9-19(16)30)18-11-10-15-12-21(33-3)27(34-4)28(35-5)22(15)23-17-13-20(32-2)26(31)24(17)25(18)23/h6-9,12-13,17-18,24,30H,10-11,14H2,1-5H3/t17-,18-,24-/m1/s1. The van der Waals surface area contributed by atoms with E-state index < -0.39 is 0 Å². The first-order valence-corrected chi connectivity index (χ1v) is 11.8. The zero-order chi connectivity index (χ0) is 24.9. The molecule has 0 saturated carbocycles. The Morgan fingerprint density at radius 2 is 1.77 bits per heavy atom. The average Bonchev–Trinajstić information content (AvgIpc) is 3.04. The summed E-state index contributed by atoms with van der Waals surface area (Å²) in [5.41, 5.74) is 5.15. The molecule has 0 spiro atoms. The van der Waals surface area contributed by atoms with Crippen LogP contribution < -0.4 is 14.2 Å². The van der Waals surface area contributed by atoms with Crippen LogP contribution in [-0.4, -0.2) is 57.3 Å². The average molecular weight is 478 g/mol. The fourth-order valence-corrected chi connectivity index (χ4v) is 6.00. The minimum absolute atomic E-state index is 0.00788. The van der Waals surface area contributed by atoms with E-state index in [2.05, 4.69) is 4.90 Å². The number of rotatable bonds is 7. The van der Waals surface area contributed by atoms with Gasteiger partial charge in [0.05, 0.1) is 34.4 Å². The van der Waals surface area contributed by atoms with Crippen molar-refractivity contribution in [3.8, 4) is 23.0 Å². The molecule has 0 amide bonds. The van der Waals surface area contributed by atoms with E-state index >= 15 is 0 Å². The molecule has 7 nitrogen and oxygen atoms in total. The fraction of sp³-hybridized carbons (Fsp3) is 0.393. The second-order valence-corrected chi connectivity index (χ2v) is 9.25. The third kappa shape index (κ3) is 3.48. The molecule has 35 heavy (non-hydrogen) atoms. The van der Waals surface area contributed by atoms with Crippen LogP contribution in [0.1, 0.15) is 23.1 Å². The van der Waals surface area contributed by atoms with Gasteiger partial charge in [-0.15, -0.1) is 0 Å². The number of nitrogens with zero attached hydrogens (tertiary/aromatic N) is 1. The van der Waals surface area contributed by atoms with Crippen LogP contribution in [0.15, 0.2) is 47.7 Å². The number of fused-ring (bicyclic) bond motifs is 5. The van der Waals surface area contributed by atoms with Crippen LogP contribution in [0.4, 0.5) is 0 Å². The number of likely N-dealkylation sites (N-methyl/N-ethyl adjacent to an activating group) is 1. The molecule has 0 bridgehead atoms. The smallest absolute Gasteiger partial charge is 0.205 e. The van der Waals surface area contributed by atoms with E-state index in [-0.39, 0.29) is 29.4 Å². The lowest BCUT2D eigenvalue weighted by Crippen LogP contribution is -2.43. The van der Waals surface area contributed by atoms with Crippen LogP contribution in [0, 0.1) is 11.8 Å². The fourth-order valence-electron chi connectivity index (χ4n) is 6.00. The van der Waals surface area contributed by atoms with Gasteiger partial charge < -0.3 is 24.1 Å². The van der Waals surface area contributed by atoms with E-state index in [4.69, 9.17) is 18.9 Å². The molecule has 5 rings (SSSR count). The summed E-state index contributed by atoms with van der Waals surface area (Å²) in [7, 11) is 8.46. The summed E-state index contributed by atoms with van der Waals surface area (Å²) in [6.07, 6.45) is 3.54. The quantitative estimate of drug-likeness (QED) is 0.646. The van der Waals surface area contributed by atoms with Crippen LogP contribution >= 0.6 is 0 Å². The number of methoxy groups -OCH3 is 4. The molecule has 3 atom stereocenters. The molecule has 3 aliphatic carbocycles. The highest BCUT2D eigenvalue weighted by molar-refractivity contribution is 6.08. The molecule has 2 aromatic rings. The van der Waals surface area contributed by atoms with Crippen molar-refractivity contribution in [2.45, 2.75) is 25.4 Å². The summed E-state index contributed by atoms with van der Waals surface area (Å²) in [4.78, 5) is 15.5. The minimum Gasteiger partial charge on any atom is -0.508 e. The molecule has 1 N–H and O–H groups in total. The number of allylic oxidation sites excluding steroid dienone is 3. The topological polar surface area (TPSA) is 77.5 Å². The highest BCUT2D eigenvalue weighted by Gasteiger charge is 2.54. The Hall–Kier alpha value is -3.45. The molecule has 184 valence electrons. The van der Waals surface area contributed by atoms with Crippen LogP contribution in [0.2, 0.25) is 0 Å². The number of ether oxygens (including phenoxy) is 4. The lowest BCUT2D eigenvalue weighted by molar-refractivity contribution is -0.121. The number of phenolic OH excluding ortho intramolecular Hbond substituents is 1. The molecule has 0 heterocycles. The number of phenols is 1. The Bertz CT molecular complexity index is 1250. The monoisotopic (exact) mass is 477 g/mol. The SMILES string of the molecule is COC1=C[C@@H]2C3=C([C@@H]2C1=O)[C@H](N(C)Cc1ccccc1O)CCc1cc(OC)c(OC)c(OC)c13. The predicted octanol–water partition coefficient (Wildman–Crippen LogP) is 3.98. The lowest BCUT2D eigenvalue weighted by Gasteiger charge is -2.43. The number of hydrogen-bond acceptors (Lipinski definition) is 7. The molecule has 0 radical (unpaired) electrons. The summed E-state index contributed by atoms with van der Waals surface area (Å²) in [5, 5.41) is 10.4. The largest absolute Gasteiger partial charge is 0.508 e. The van der Waals surface area contributed by atoms with Gasteiger partial charge in [-0.3, -0.25) is 9.69 Å². The van der Waals surface area contributed by atoms with Crippen molar-refractivity contribution in [3.63, 3.8) is 0 Å². The van der Waals surface area contributed by atoms with Crippen LogP contribution in [0.5, 0.6) is 23.0 Å². The van der Waals surface area contributed by atoms with Crippen molar-refractivity contribution in [1.29, 1.82) is 0 Å². The summed E-state index contributed by atoms with van der Waals surface area (Å²) < 4.78 is 22.7. The van der Waals surface area contributed by atoms with Crippen LogP contribution in [0.25, 0.3) is 5.57 Å². The highest BCUT2D eigenvalue weighted by atomic mass is 16.5. The normalized spacial score (nSPS) is 22.5. The number of Topliss-reactive ketones (excluding diaryl/α,β-unsaturated/α-hetero) is 1. The zero-order valence-corrected chi connectivity index (χ0v) is 20.8. The van der Waals surface area contributed by atoms with Crippen molar-refractivity contribution in [2.24, 2.45) is 11.8 Å². The first kappa shape index (κ1) is 23.3. The van der Waals surface area contributed by atoms with Crippen LogP contribution in [0.3, 0.4) is 0 Å². The molecule has 0 saturated heterocycles. The van der Waals surface area contributed by atoms with E-state index in [9.17, 15) is 9.90 Å². The Morgan fingerprint density at radius 1 is 1.03 bits per heavy atom. The molecular formula is C28H31NO6. The molecule has 0 aromatic heterocycles. The third-order valence-corrected chi connectivity index (χ3v) is 7.59. The summed E-state index contributed by atoms with van der Waals surface area (Å²) in [6, 6.07) is 9.41. The number of hydrogen-bond donors (Lipinski definition) is 1. The van der Waals surface area contributed by atoms with E-state index in [0.717, 1.165) is 40.7 Å². The third-order valence-electron chi connectivity index (χ3n) is 7.59. The maximum atomic E-state index is 13.3. The van der Waals surface area contributed by atoms with Gasteiger partial charge in [-0.1, -0.05) is 18.2 Å². The molecule has 0 fully saturated rings. The van der Waals surface area contributed by atoms with Gasteiger partial charge in [0.1, 0.15) is 5.75 Å². The molecule has 0 aliphatic heterocycles. The van der Waals surface area contributed by atoms with Gasteiger partial charge in [-0.25, -0.2) is 0 Å². The van der Waals surface area contributed by atoms with E-state index in [1.807, 2.05) is 37.4 Å². The number of aromatic hydroxyl groups is 1. The second-order valence-electron chi connectivity index (χ2n) is 9.25. The van der Waals surface area contributed by atoms with Gasteiger partial charge in [0.25, 0.3) is 0 Å². The van der Waals surface area contributed by atoms with Crippen molar-refractivity contribution in [3.05, 3.63) is 64.4 Å². The van der Waals surface area contributed by atoms with E-state index in [0.29, 0.717) is 29.6 Å². The van der Waals surface area contributed by atoms with Crippen molar-refractivity contribution in [2.75, 3.05) is 35.5 Å². The maximum Gasteiger partial charge on any atom is 0.205 e. The molecule has 3 aliphatic rings. The Kier molecular flexibility index (Phi) is 5.97. The Balaban J connectivity index is 1.66. The van der Waals surface area contributed by atoms with E-state index in [1.54, 1.807) is 34.5 Å². The van der Waals surface area contributed by atoms with Crippen LogP contribution in [-0.2, 0) is 22.5 Å². The number of para-hydroxylation sites is 1. The van der Waals surface area contributed by atoms with Crippen molar-refractivity contribution < 1.29 is 28.8 Å². The minimum atomic E-state index is -0.250. The van der Waals surface area contributed by atoms with Gasteiger partial charge in [0, 0.05) is 29.6 Å². The van der Waals surface area contributed by atoms with Gasteiger partial charge in [0.15, 0.2) is 17.3 Å². The summed E-state index contributed by atoms with van der Waals surface area (Å²) in [6.45, 7) is 0.560. The van der Waals surface area contributed by atoms with Gasteiger partial charge in [0.2, 0.25) is 11.5 Å². The maximum absolute atomic E-state index is 13.3. The predicted molar refractivity (Wildman–Crippen MR) is 132 cm³/mol. The van der Waals surface area contributed by atoms with Crippen molar-refractivity contribution >= 4 is 11.4 Å². The number of carbonyl (C=O) groups is 1. The second kappa shape index (κ2) is 8.96. The van der Waals surface area contributed by atoms with Gasteiger partial charge in [-0.05, 0) is 54.8 Å². The molecule has 0 unspecified atom stereocenters.